The van der Waals surface area contributed by atoms with E-state index in [1.807, 2.05) is 37.4 Å². The fourth-order valence-corrected chi connectivity index (χ4v) is 4.67. The zero-order valence-electron chi connectivity index (χ0n) is 21.7. The second kappa shape index (κ2) is 10.9. The van der Waals surface area contributed by atoms with Gasteiger partial charge in [-0.25, -0.2) is 4.98 Å². The van der Waals surface area contributed by atoms with Crippen molar-refractivity contribution in [3.8, 4) is 11.4 Å². The molecule has 0 unspecified atom stereocenters. The van der Waals surface area contributed by atoms with Crippen LogP contribution in [0.3, 0.4) is 0 Å². The quantitative estimate of drug-likeness (QED) is 0.439. The molecule has 36 heavy (non-hydrogen) atoms. The Morgan fingerprint density at radius 3 is 2.72 bits per heavy atom. The molecule has 3 atom stereocenters. The number of carbonyl (C=O) groups excluding carboxylic acids is 1. The molecular formula is C27H36N4O5. The summed E-state index contributed by atoms with van der Waals surface area (Å²) in [7, 11) is 1.75. The van der Waals surface area contributed by atoms with Crippen molar-refractivity contribution in [2.45, 2.75) is 78.0 Å². The molecule has 194 valence electrons. The number of aliphatic hydroxyl groups excluding tert-OH is 1. The van der Waals surface area contributed by atoms with Crippen molar-refractivity contribution in [3.05, 3.63) is 51.9 Å². The van der Waals surface area contributed by atoms with Crippen LogP contribution in [0.25, 0.3) is 22.4 Å². The molecule has 0 radical (unpaired) electrons. The summed E-state index contributed by atoms with van der Waals surface area (Å²) in [4.78, 5) is 29.6. The van der Waals surface area contributed by atoms with Gasteiger partial charge >= 0.3 is 5.97 Å². The van der Waals surface area contributed by atoms with Crippen LogP contribution in [0.2, 0.25) is 0 Å². The number of benzene rings is 1. The highest BCUT2D eigenvalue weighted by atomic mass is 16.5. The first-order valence-corrected chi connectivity index (χ1v) is 12.5. The average molecular weight is 497 g/mol. The maximum absolute atomic E-state index is 12.4. The first kappa shape index (κ1) is 26.1. The zero-order chi connectivity index (χ0) is 26.0. The third-order valence-electron chi connectivity index (χ3n) is 6.46. The van der Waals surface area contributed by atoms with Gasteiger partial charge < -0.3 is 23.7 Å². The van der Waals surface area contributed by atoms with Crippen molar-refractivity contribution in [2.24, 2.45) is 7.05 Å². The topological polar surface area (TPSA) is 108 Å². The summed E-state index contributed by atoms with van der Waals surface area (Å²) in [6.07, 6.45) is 2.83. The van der Waals surface area contributed by atoms with Crippen molar-refractivity contribution < 1.29 is 19.4 Å². The minimum atomic E-state index is -0.898. The smallest absolute Gasteiger partial charge is 0.326 e. The van der Waals surface area contributed by atoms with Gasteiger partial charge in [-0.15, -0.1) is 0 Å². The molecule has 0 aliphatic carbocycles. The van der Waals surface area contributed by atoms with Crippen molar-refractivity contribution in [2.75, 3.05) is 6.61 Å². The van der Waals surface area contributed by atoms with E-state index in [0.29, 0.717) is 18.7 Å². The number of rotatable bonds is 9. The molecule has 1 aromatic carbocycles. The Morgan fingerprint density at radius 2 is 2.08 bits per heavy atom. The van der Waals surface area contributed by atoms with E-state index in [0.717, 1.165) is 47.4 Å². The van der Waals surface area contributed by atoms with Gasteiger partial charge in [0.05, 0.1) is 35.9 Å². The molecule has 9 heteroatoms. The number of pyridine rings is 1. The SMILES string of the molecule is Cc1cc(-c2nc3cc(CN[C@H](C(=O)OC(C)C)[C@H](C)O)ccc3n2C[C@@H]2CCCO2)cn(C)c1=O. The molecule has 4 rings (SSSR count). The van der Waals surface area contributed by atoms with Gasteiger partial charge in [0.1, 0.15) is 11.9 Å². The first-order valence-electron chi connectivity index (χ1n) is 12.5. The monoisotopic (exact) mass is 496 g/mol. The normalized spacial score (nSPS) is 17.6. The number of ether oxygens (including phenoxy) is 2. The highest BCUT2D eigenvalue weighted by molar-refractivity contribution is 5.81. The van der Waals surface area contributed by atoms with E-state index < -0.39 is 18.1 Å². The summed E-state index contributed by atoms with van der Waals surface area (Å²) in [5, 5.41) is 13.2. The van der Waals surface area contributed by atoms with Crippen molar-refractivity contribution in [1.82, 2.24) is 19.4 Å². The predicted molar refractivity (Wildman–Crippen MR) is 138 cm³/mol. The van der Waals surface area contributed by atoms with Gasteiger partial charge in [0.15, 0.2) is 0 Å². The van der Waals surface area contributed by atoms with Crippen LogP contribution < -0.4 is 10.9 Å². The number of hydrogen-bond donors (Lipinski definition) is 2. The molecule has 0 bridgehead atoms. The molecule has 1 aliphatic heterocycles. The second-order valence-electron chi connectivity index (χ2n) is 9.92. The number of aromatic nitrogens is 3. The Hall–Kier alpha value is -3.01. The van der Waals surface area contributed by atoms with E-state index in [9.17, 15) is 14.7 Å². The number of carbonyl (C=O) groups is 1. The van der Waals surface area contributed by atoms with E-state index >= 15 is 0 Å². The number of imidazole rings is 1. The molecule has 0 saturated carbocycles. The molecule has 9 nitrogen and oxygen atoms in total. The molecule has 3 heterocycles. The fraction of sp³-hybridized carbons (Fsp3) is 0.519. The van der Waals surface area contributed by atoms with E-state index in [4.69, 9.17) is 14.5 Å². The number of nitrogens with zero attached hydrogens (tertiary/aromatic N) is 3. The van der Waals surface area contributed by atoms with Gasteiger partial charge in [-0.1, -0.05) is 6.07 Å². The first-order chi connectivity index (χ1) is 17.1. The minimum Gasteiger partial charge on any atom is -0.462 e. The number of fused-ring (bicyclic) bond motifs is 1. The Bertz CT molecular complexity index is 1260. The average Bonchev–Trinajstić information content (AvgIpc) is 3.45. The Balaban J connectivity index is 1.67. The van der Waals surface area contributed by atoms with Gasteiger partial charge in [-0.2, -0.15) is 0 Å². The predicted octanol–water partition coefficient (Wildman–Crippen LogP) is 2.68. The third-order valence-corrected chi connectivity index (χ3v) is 6.46. The number of aryl methyl sites for hydroxylation is 2. The number of hydrogen-bond acceptors (Lipinski definition) is 7. The van der Waals surface area contributed by atoms with Crippen LogP contribution in [0, 0.1) is 6.92 Å². The molecule has 2 N–H and O–H groups in total. The summed E-state index contributed by atoms with van der Waals surface area (Å²) in [6, 6.07) is 7.05. The Morgan fingerprint density at radius 1 is 1.31 bits per heavy atom. The number of aliphatic hydroxyl groups is 1. The van der Waals surface area contributed by atoms with Crippen LogP contribution in [0.15, 0.2) is 35.3 Å². The van der Waals surface area contributed by atoms with Crippen LogP contribution in [0.4, 0.5) is 0 Å². The summed E-state index contributed by atoms with van der Waals surface area (Å²) < 4.78 is 14.9. The standard InChI is InChI=1S/C27H36N4O5/c1-16(2)36-27(34)24(18(4)32)28-13-19-8-9-23-22(12-19)29-25(31(23)15-21-7-6-10-35-21)20-11-17(3)26(33)30(5)14-20/h8-9,11-12,14,16,18,21,24,28,32H,6-7,10,13,15H2,1-5H3/t18-,21-,24-/m0/s1. The van der Waals surface area contributed by atoms with Crippen LogP contribution in [0.5, 0.6) is 0 Å². The molecule has 2 aromatic heterocycles. The number of nitrogens with one attached hydrogen (secondary N) is 1. The van der Waals surface area contributed by atoms with Gasteiger partial charge in [0.25, 0.3) is 5.56 Å². The van der Waals surface area contributed by atoms with Crippen LogP contribution in [0.1, 0.15) is 44.7 Å². The zero-order valence-corrected chi connectivity index (χ0v) is 21.7. The Labute approximate surface area is 211 Å². The van der Waals surface area contributed by atoms with Gasteiger partial charge in [-0.05, 0) is 64.3 Å². The van der Waals surface area contributed by atoms with Gasteiger partial charge in [-0.3, -0.25) is 14.9 Å². The van der Waals surface area contributed by atoms with E-state index in [-0.39, 0.29) is 17.8 Å². The molecule has 1 aliphatic rings. The van der Waals surface area contributed by atoms with Crippen LogP contribution in [-0.2, 0) is 34.4 Å². The highest BCUT2D eigenvalue weighted by Gasteiger charge is 2.26. The largest absolute Gasteiger partial charge is 0.462 e. The maximum atomic E-state index is 12.4. The van der Waals surface area contributed by atoms with E-state index in [2.05, 4.69) is 9.88 Å². The van der Waals surface area contributed by atoms with Crippen molar-refractivity contribution in [3.63, 3.8) is 0 Å². The highest BCUT2D eigenvalue weighted by Crippen LogP contribution is 2.28. The molecular weight excluding hydrogens is 460 g/mol. The van der Waals surface area contributed by atoms with Crippen LogP contribution in [-0.4, -0.2) is 56.2 Å². The van der Waals surface area contributed by atoms with Crippen LogP contribution >= 0.6 is 0 Å². The molecule has 3 aromatic rings. The minimum absolute atomic E-state index is 0.0300. The van der Waals surface area contributed by atoms with E-state index in [1.54, 1.807) is 32.4 Å². The molecule has 1 saturated heterocycles. The molecule has 0 amide bonds. The van der Waals surface area contributed by atoms with Crippen molar-refractivity contribution >= 4 is 17.0 Å². The lowest BCUT2D eigenvalue weighted by molar-refractivity contribution is -0.152. The summed E-state index contributed by atoms with van der Waals surface area (Å²) in [5.74, 6) is 0.306. The molecule has 1 fully saturated rings. The summed E-state index contributed by atoms with van der Waals surface area (Å²) >= 11 is 0. The van der Waals surface area contributed by atoms with Crippen molar-refractivity contribution in [1.29, 1.82) is 0 Å². The second-order valence-corrected chi connectivity index (χ2v) is 9.92. The lowest BCUT2D eigenvalue weighted by Gasteiger charge is -2.21. The van der Waals surface area contributed by atoms with Gasteiger partial charge in [0.2, 0.25) is 0 Å². The number of esters is 1. The van der Waals surface area contributed by atoms with E-state index in [1.165, 1.54) is 0 Å². The lowest BCUT2D eigenvalue weighted by atomic mass is 10.1. The fourth-order valence-electron chi connectivity index (χ4n) is 4.67. The lowest BCUT2D eigenvalue weighted by Crippen LogP contribution is -2.46. The molecule has 0 spiro atoms. The maximum Gasteiger partial charge on any atom is 0.326 e. The summed E-state index contributed by atoms with van der Waals surface area (Å²) in [6.45, 7) is 8.75. The van der Waals surface area contributed by atoms with Gasteiger partial charge in [0, 0.05) is 37.5 Å². The summed E-state index contributed by atoms with van der Waals surface area (Å²) in [5.41, 5.74) is 4.21. The third kappa shape index (κ3) is 5.69. The Kier molecular flexibility index (Phi) is 7.92.